The first kappa shape index (κ1) is 28.4. The molecule has 0 saturated heterocycles. The van der Waals surface area contributed by atoms with Crippen molar-refractivity contribution >= 4 is 16.6 Å². The van der Waals surface area contributed by atoms with Crippen LogP contribution in [-0.4, -0.2) is 29.8 Å². The molecule has 0 heterocycles. The Balaban J connectivity index is 1.55. The van der Waals surface area contributed by atoms with E-state index in [-0.39, 0.29) is 5.41 Å². The Hall–Kier alpha value is -2.77. The summed E-state index contributed by atoms with van der Waals surface area (Å²) in [6.07, 6.45) is 3.88. The quantitative estimate of drug-likeness (QED) is 0.151. The Kier molecular flexibility index (Phi) is 7.48. The maximum absolute atomic E-state index is 6.64. The molecule has 0 fully saturated rings. The highest BCUT2D eigenvalue weighted by Crippen LogP contribution is 2.51. The summed E-state index contributed by atoms with van der Waals surface area (Å²) in [5.41, 5.74) is 14.2. The van der Waals surface area contributed by atoms with Crippen LogP contribution in [-0.2, 0) is 27.1 Å². The van der Waals surface area contributed by atoms with Crippen LogP contribution >= 0.6 is 0 Å². The smallest absolute Gasteiger partial charge is 0.183 e. The molecule has 4 heteroatoms. The number of fused-ring (bicyclic) bond motifs is 6. The molecule has 0 N–H and O–H groups in total. The predicted molar refractivity (Wildman–Crippen MR) is 178 cm³/mol. The minimum Gasteiger partial charge on any atom is -0.418 e. The molecule has 2 aliphatic rings. The second-order valence-electron chi connectivity index (χ2n) is 13.8. The fourth-order valence-corrected chi connectivity index (χ4v) is 8.51. The van der Waals surface area contributed by atoms with Crippen molar-refractivity contribution in [3.05, 3.63) is 118 Å². The van der Waals surface area contributed by atoms with Gasteiger partial charge in [0.25, 0.3) is 0 Å². The second-order valence-corrected chi connectivity index (χ2v) is 22.9. The maximum Gasteiger partial charge on any atom is 0.183 e. The highest BCUT2D eigenvalue weighted by Gasteiger charge is 2.41. The minimum absolute atomic E-state index is 0.208. The van der Waals surface area contributed by atoms with Crippen molar-refractivity contribution in [1.82, 2.24) is 0 Å². The fourth-order valence-electron chi connectivity index (χ4n) is 7.08. The van der Waals surface area contributed by atoms with Gasteiger partial charge >= 0.3 is 0 Å². The van der Waals surface area contributed by atoms with Gasteiger partial charge in [0.05, 0.1) is 0 Å². The number of benzene rings is 4. The normalized spacial score (nSPS) is 14.0. The molecule has 6 rings (SSSR count). The highest BCUT2D eigenvalue weighted by molar-refractivity contribution is 6.70. The summed E-state index contributed by atoms with van der Waals surface area (Å²) >= 11 is 0. The number of rotatable bonds is 10. The molecule has 4 aromatic carbocycles. The Morgan fingerprint density at radius 2 is 0.902 bits per heavy atom. The molecule has 212 valence electrons. The van der Waals surface area contributed by atoms with Crippen molar-refractivity contribution in [2.75, 3.05) is 13.2 Å². The second kappa shape index (κ2) is 10.8. The lowest BCUT2D eigenvalue weighted by atomic mass is 9.66. The third-order valence-electron chi connectivity index (χ3n) is 8.86. The molecule has 0 bridgehead atoms. The Morgan fingerprint density at radius 3 is 1.32 bits per heavy atom. The van der Waals surface area contributed by atoms with Gasteiger partial charge in [-0.1, -0.05) is 84.9 Å². The van der Waals surface area contributed by atoms with Gasteiger partial charge in [-0.25, -0.2) is 0 Å². The molecular weight excluding hydrogens is 533 g/mol. The van der Waals surface area contributed by atoms with Gasteiger partial charge in [-0.2, -0.15) is 0 Å². The summed E-state index contributed by atoms with van der Waals surface area (Å²) in [7, 11) is -3.38. The molecule has 4 aromatic rings. The van der Waals surface area contributed by atoms with Crippen LogP contribution in [0.5, 0.6) is 0 Å². The molecule has 0 unspecified atom stereocenters. The van der Waals surface area contributed by atoms with E-state index in [9.17, 15) is 0 Å². The average molecular weight is 577 g/mol. The van der Waals surface area contributed by atoms with Crippen molar-refractivity contribution in [1.29, 1.82) is 0 Å². The summed E-state index contributed by atoms with van der Waals surface area (Å²) in [6.45, 7) is 15.3. The first-order valence-corrected chi connectivity index (χ1v) is 22.1. The lowest BCUT2D eigenvalue weighted by Gasteiger charge is -2.40. The Labute approximate surface area is 249 Å². The van der Waals surface area contributed by atoms with E-state index in [4.69, 9.17) is 8.85 Å². The standard InChI is InChI=1S/C37H44O2Si2/c1-40(2,3)38-23-21-37(22-24-39-41(4,5)6,35-19-11-17-31-29-15-9-7-13-27(29)25-33(31)35)36-20-12-18-32-30-16-10-8-14-28(30)26-34(32)36/h7-20H,21-26H2,1-6H3. The zero-order chi connectivity index (χ0) is 28.8. The topological polar surface area (TPSA) is 18.5 Å². The van der Waals surface area contributed by atoms with Crippen LogP contribution in [0.15, 0.2) is 84.9 Å². The summed E-state index contributed by atoms with van der Waals surface area (Å²) in [5, 5.41) is 0. The van der Waals surface area contributed by atoms with Crippen molar-refractivity contribution in [3.8, 4) is 22.3 Å². The lowest BCUT2D eigenvalue weighted by Crippen LogP contribution is -2.37. The van der Waals surface area contributed by atoms with E-state index in [0.717, 1.165) is 38.9 Å². The monoisotopic (exact) mass is 576 g/mol. The number of hydrogen-bond donors (Lipinski definition) is 0. The van der Waals surface area contributed by atoms with Crippen molar-refractivity contribution in [2.45, 2.75) is 70.4 Å². The third-order valence-corrected chi connectivity index (χ3v) is 11.0. The van der Waals surface area contributed by atoms with Crippen LogP contribution in [0, 0.1) is 0 Å². The maximum atomic E-state index is 6.64. The van der Waals surface area contributed by atoms with E-state index in [1.807, 2.05) is 0 Å². The molecule has 0 aromatic heterocycles. The van der Waals surface area contributed by atoms with Gasteiger partial charge in [-0.3, -0.25) is 0 Å². The van der Waals surface area contributed by atoms with Crippen LogP contribution in [0.25, 0.3) is 22.3 Å². The van der Waals surface area contributed by atoms with Gasteiger partial charge in [0.2, 0.25) is 0 Å². The third kappa shape index (κ3) is 5.55. The molecule has 2 aliphatic carbocycles. The van der Waals surface area contributed by atoms with E-state index in [1.165, 1.54) is 55.6 Å². The van der Waals surface area contributed by atoms with E-state index in [0.29, 0.717) is 0 Å². The largest absolute Gasteiger partial charge is 0.418 e. The van der Waals surface area contributed by atoms with E-state index in [1.54, 1.807) is 0 Å². The van der Waals surface area contributed by atoms with E-state index < -0.39 is 16.6 Å². The van der Waals surface area contributed by atoms with Gasteiger partial charge in [0.1, 0.15) is 0 Å². The zero-order valence-electron chi connectivity index (χ0n) is 25.6. The molecule has 0 saturated carbocycles. The van der Waals surface area contributed by atoms with Gasteiger partial charge in [0, 0.05) is 18.6 Å². The van der Waals surface area contributed by atoms with Gasteiger partial charge in [0.15, 0.2) is 16.6 Å². The molecule has 0 amide bonds. The Morgan fingerprint density at radius 1 is 0.512 bits per heavy atom. The van der Waals surface area contributed by atoms with Crippen molar-refractivity contribution in [2.24, 2.45) is 0 Å². The lowest BCUT2D eigenvalue weighted by molar-refractivity contribution is 0.224. The van der Waals surface area contributed by atoms with E-state index in [2.05, 4.69) is 124 Å². The van der Waals surface area contributed by atoms with Gasteiger partial charge in [-0.05, 0) is 121 Å². The first-order chi connectivity index (χ1) is 19.6. The summed E-state index contributed by atoms with van der Waals surface area (Å²) < 4.78 is 13.3. The van der Waals surface area contributed by atoms with Crippen LogP contribution in [0.1, 0.15) is 46.2 Å². The zero-order valence-corrected chi connectivity index (χ0v) is 27.6. The van der Waals surface area contributed by atoms with Crippen LogP contribution in [0.2, 0.25) is 39.3 Å². The van der Waals surface area contributed by atoms with E-state index >= 15 is 0 Å². The molecule has 0 radical (unpaired) electrons. The number of hydrogen-bond acceptors (Lipinski definition) is 2. The Bertz CT molecular complexity index is 1460. The molecule has 0 spiro atoms. The van der Waals surface area contributed by atoms with Crippen molar-refractivity contribution < 1.29 is 8.85 Å². The van der Waals surface area contributed by atoms with Crippen molar-refractivity contribution in [3.63, 3.8) is 0 Å². The van der Waals surface area contributed by atoms with Crippen LogP contribution in [0.3, 0.4) is 0 Å². The molecule has 41 heavy (non-hydrogen) atoms. The SMILES string of the molecule is C[Si](C)(C)OCCC(CCO[Si](C)(C)C)(c1cccc2c1Cc1ccccc1-2)c1cccc2c1Cc1ccccc1-2. The molecular formula is C37H44O2Si2. The summed E-state index contributed by atoms with van der Waals surface area (Å²) in [5.74, 6) is 0. The van der Waals surface area contributed by atoms with Gasteiger partial charge in [-0.15, -0.1) is 0 Å². The average Bonchev–Trinajstić information content (AvgIpc) is 3.49. The molecule has 0 aliphatic heterocycles. The first-order valence-electron chi connectivity index (χ1n) is 15.2. The fraction of sp³-hybridized carbons (Fsp3) is 0.351. The minimum atomic E-state index is -1.69. The van der Waals surface area contributed by atoms with Gasteiger partial charge < -0.3 is 8.85 Å². The van der Waals surface area contributed by atoms with Crippen LogP contribution in [0.4, 0.5) is 0 Å². The molecule has 2 nitrogen and oxygen atoms in total. The summed E-state index contributed by atoms with van der Waals surface area (Å²) in [6, 6.07) is 32.0. The highest BCUT2D eigenvalue weighted by atomic mass is 28.4. The predicted octanol–water partition coefficient (Wildman–Crippen LogP) is 9.60. The molecule has 0 atom stereocenters. The summed E-state index contributed by atoms with van der Waals surface area (Å²) in [4.78, 5) is 0. The van der Waals surface area contributed by atoms with Crippen LogP contribution < -0.4 is 0 Å².